The molecule has 0 saturated heterocycles. The fourth-order valence-electron chi connectivity index (χ4n) is 1.97. The van der Waals surface area contributed by atoms with Gasteiger partial charge in [-0.1, -0.05) is 15.9 Å². The smallest absolute Gasteiger partial charge is 0.341 e. The number of carbonyl (C=O) groups excluding carboxylic acids is 1. The van der Waals surface area contributed by atoms with E-state index in [1.165, 1.54) is 0 Å². The molecule has 0 radical (unpaired) electrons. The minimum atomic E-state index is -0.356. The molecule has 0 unspecified atom stereocenters. The number of nitrogens with one attached hydrogen (secondary N) is 1. The molecule has 0 fully saturated rings. The Bertz CT molecular complexity index is 641. The van der Waals surface area contributed by atoms with Crippen molar-refractivity contribution in [3.63, 3.8) is 0 Å². The van der Waals surface area contributed by atoms with Crippen LogP contribution in [0.25, 0.3) is 10.9 Å². The van der Waals surface area contributed by atoms with Crippen LogP contribution in [0.3, 0.4) is 0 Å². The fraction of sp³-hybridized carbons (Fsp3) is 0.333. The number of carbonyl (C=O) groups is 1. The lowest BCUT2D eigenvalue weighted by molar-refractivity contribution is 0.0527. The highest BCUT2D eigenvalue weighted by atomic mass is 79.9. The van der Waals surface area contributed by atoms with Crippen LogP contribution in [-0.4, -0.2) is 23.6 Å². The summed E-state index contributed by atoms with van der Waals surface area (Å²) in [5, 5.41) is 4.22. The first-order valence-electron chi connectivity index (χ1n) is 6.54. The number of rotatable bonds is 4. The average molecular weight is 337 g/mol. The molecular weight excluding hydrogens is 320 g/mol. The summed E-state index contributed by atoms with van der Waals surface area (Å²) in [4.78, 5) is 16.4. The van der Waals surface area contributed by atoms with Gasteiger partial charge in [-0.2, -0.15) is 0 Å². The van der Waals surface area contributed by atoms with Crippen LogP contribution in [0.2, 0.25) is 0 Å². The molecule has 2 rings (SSSR count). The number of anilines is 1. The van der Waals surface area contributed by atoms with E-state index in [1.807, 2.05) is 32.0 Å². The van der Waals surface area contributed by atoms with Crippen LogP contribution in [0.4, 0.5) is 5.69 Å². The molecule has 0 aliphatic rings. The number of hydrogen-bond donors (Lipinski definition) is 1. The van der Waals surface area contributed by atoms with Crippen LogP contribution in [0.5, 0.6) is 0 Å². The zero-order valence-corrected chi connectivity index (χ0v) is 13.3. The number of pyridine rings is 1. The maximum absolute atomic E-state index is 12.1. The maximum Gasteiger partial charge on any atom is 0.341 e. The molecule has 1 N–H and O–H groups in total. The van der Waals surface area contributed by atoms with Gasteiger partial charge in [0.25, 0.3) is 0 Å². The van der Waals surface area contributed by atoms with Crippen molar-refractivity contribution >= 4 is 38.5 Å². The molecule has 0 saturated carbocycles. The van der Waals surface area contributed by atoms with E-state index in [0.29, 0.717) is 12.2 Å². The molecule has 4 nitrogen and oxygen atoms in total. The Hall–Kier alpha value is -1.62. The second-order valence-electron chi connectivity index (χ2n) is 4.73. The van der Waals surface area contributed by atoms with Crippen molar-refractivity contribution in [2.24, 2.45) is 0 Å². The molecular formula is C15H17BrN2O2. The van der Waals surface area contributed by atoms with Gasteiger partial charge in [-0.25, -0.2) is 4.79 Å². The summed E-state index contributed by atoms with van der Waals surface area (Å²) in [5.41, 5.74) is 2.07. The van der Waals surface area contributed by atoms with Crippen LogP contribution >= 0.6 is 15.9 Å². The highest BCUT2D eigenvalue weighted by Crippen LogP contribution is 2.29. The van der Waals surface area contributed by atoms with E-state index in [4.69, 9.17) is 4.74 Å². The van der Waals surface area contributed by atoms with Crippen molar-refractivity contribution in [1.29, 1.82) is 0 Å². The van der Waals surface area contributed by atoms with E-state index in [-0.39, 0.29) is 12.0 Å². The molecule has 2 aromatic rings. The molecule has 0 spiro atoms. The van der Waals surface area contributed by atoms with Crippen molar-refractivity contribution < 1.29 is 9.53 Å². The Morgan fingerprint density at radius 3 is 2.85 bits per heavy atom. The van der Waals surface area contributed by atoms with Gasteiger partial charge in [0, 0.05) is 22.1 Å². The zero-order chi connectivity index (χ0) is 14.7. The molecule has 20 heavy (non-hydrogen) atoms. The summed E-state index contributed by atoms with van der Waals surface area (Å²) in [5.74, 6) is -0.356. The number of fused-ring (bicyclic) bond motifs is 1. The average Bonchev–Trinajstić information content (AvgIpc) is 2.39. The predicted molar refractivity (Wildman–Crippen MR) is 84.2 cm³/mol. The molecule has 0 bridgehead atoms. The minimum absolute atomic E-state index is 0.202. The number of halogens is 1. The Balaban J connectivity index is 2.64. The third-order valence-electron chi connectivity index (χ3n) is 2.76. The second kappa shape index (κ2) is 6.22. The maximum atomic E-state index is 12.1. The summed E-state index contributed by atoms with van der Waals surface area (Å²) in [6.45, 7) is 6.19. The third kappa shape index (κ3) is 3.10. The lowest BCUT2D eigenvalue weighted by Gasteiger charge is -2.16. The van der Waals surface area contributed by atoms with E-state index in [2.05, 4.69) is 26.2 Å². The van der Waals surface area contributed by atoms with Gasteiger partial charge in [-0.15, -0.1) is 0 Å². The van der Waals surface area contributed by atoms with Crippen LogP contribution in [0, 0.1) is 0 Å². The second-order valence-corrected chi connectivity index (χ2v) is 5.64. The Morgan fingerprint density at radius 2 is 2.20 bits per heavy atom. The van der Waals surface area contributed by atoms with Gasteiger partial charge < -0.3 is 10.1 Å². The summed E-state index contributed by atoms with van der Waals surface area (Å²) in [6, 6.07) is 6.00. The summed E-state index contributed by atoms with van der Waals surface area (Å²) in [7, 11) is 0. The highest BCUT2D eigenvalue weighted by molar-refractivity contribution is 9.10. The van der Waals surface area contributed by atoms with Gasteiger partial charge in [0.1, 0.15) is 5.56 Å². The van der Waals surface area contributed by atoms with Gasteiger partial charge >= 0.3 is 5.97 Å². The third-order valence-corrected chi connectivity index (χ3v) is 3.25. The molecule has 1 aromatic carbocycles. The van der Waals surface area contributed by atoms with E-state index < -0.39 is 0 Å². The number of benzene rings is 1. The van der Waals surface area contributed by atoms with Crippen LogP contribution < -0.4 is 5.32 Å². The van der Waals surface area contributed by atoms with Crippen LogP contribution in [-0.2, 0) is 4.74 Å². The Labute approximate surface area is 126 Å². The summed E-state index contributed by atoms with van der Waals surface area (Å²) < 4.78 is 6.04. The molecule has 0 amide bonds. The lowest BCUT2D eigenvalue weighted by Crippen LogP contribution is -2.15. The Morgan fingerprint density at radius 1 is 1.45 bits per heavy atom. The van der Waals surface area contributed by atoms with E-state index in [0.717, 1.165) is 21.1 Å². The first kappa shape index (κ1) is 14.8. The molecule has 1 aromatic heterocycles. The predicted octanol–water partition coefficient (Wildman–Crippen LogP) is 3.99. The van der Waals surface area contributed by atoms with Gasteiger partial charge in [0.15, 0.2) is 0 Å². The summed E-state index contributed by atoms with van der Waals surface area (Å²) in [6.07, 6.45) is 1.57. The van der Waals surface area contributed by atoms with Crippen molar-refractivity contribution in [3.8, 4) is 0 Å². The fourth-order valence-corrected chi connectivity index (χ4v) is 2.33. The highest BCUT2D eigenvalue weighted by Gasteiger charge is 2.17. The number of esters is 1. The van der Waals surface area contributed by atoms with Crippen molar-refractivity contribution in [3.05, 3.63) is 34.4 Å². The zero-order valence-electron chi connectivity index (χ0n) is 11.7. The monoisotopic (exact) mass is 336 g/mol. The number of aromatic nitrogens is 1. The first-order valence-corrected chi connectivity index (χ1v) is 7.34. The molecule has 106 valence electrons. The van der Waals surface area contributed by atoms with Gasteiger partial charge in [-0.3, -0.25) is 4.98 Å². The number of hydrogen-bond acceptors (Lipinski definition) is 4. The van der Waals surface area contributed by atoms with Crippen LogP contribution in [0.1, 0.15) is 31.1 Å². The minimum Gasteiger partial charge on any atom is -0.462 e. The standard InChI is InChI=1S/C15H17BrN2O2/c1-4-20-15(19)12-8-17-13-6-5-10(16)7-11(13)14(12)18-9(2)3/h5-9H,4H2,1-3H3,(H,17,18). The number of ether oxygens (including phenoxy) is 1. The normalized spacial score (nSPS) is 10.8. The topological polar surface area (TPSA) is 51.2 Å². The molecule has 0 atom stereocenters. The molecule has 0 aliphatic heterocycles. The van der Waals surface area contributed by atoms with Crippen molar-refractivity contribution in [2.75, 3.05) is 11.9 Å². The van der Waals surface area contributed by atoms with Crippen LogP contribution in [0.15, 0.2) is 28.9 Å². The van der Waals surface area contributed by atoms with Gasteiger partial charge in [-0.05, 0) is 39.0 Å². The van der Waals surface area contributed by atoms with Crippen molar-refractivity contribution in [1.82, 2.24) is 4.98 Å². The van der Waals surface area contributed by atoms with E-state index >= 15 is 0 Å². The molecule has 5 heteroatoms. The lowest BCUT2D eigenvalue weighted by atomic mass is 10.1. The van der Waals surface area contributed by atoms with E-state index in [1.54, 1.807) is 13.1 Å². The van der Waals surface area contributed by atoms with E-state index in [9.17, 15) is 4.79 Å². The number of nitrogens with zero attached hydrogens (tertiary/aromatic N) is 1. The van der Waals surface area contributed by atoms with Gasteiger partial charge in [0.05, 0.1) is 17.8 Å². The van der Waals surface area contributed by atoms with Crippen molar-refractivity contribution in [2.45, 2.75) is 26.8 Å². The first-order chi connectivity index (χ1) is 9.52. The SMILES string of the molecule is CCOC(=O)c1cnc2ccc(Br)cc2c1NC(C)C. The van der Waals surface area contributed by atoms with Gasteiger partial charge in [0.2, 0.25) is 0 Å². The largest absolute Gasteiger partial charge is 0.462 e. The summed E-state index contributed by atoms with van der Waals surface area (Å²) >= 11 is 3.45. The quantitative estimate of drug-likeness (QED) is 0.857. The Kier molecular flexibility index (Phi) is 4.60. The molecule has 0 aliphatic carbocycles. The molecule has 1 heterocycles.